The first-order chi connectivity index (χ1) is 12.1. The van der Waals surface area contributed by atoms with Gasteiger partial charge in [0.2, 0.25) is 11.8 Å². The smallest absolute Gasteiger partial charge is 0.277 e. The minimum atomic E-state index is -0.0927. The molecule has 1 aliphatic rings. The van der Waals surface area contributed by atoms with Crippen molar-refractivity contribution in [3.63, 3.8) is 0 Å². The molecule has 1 aliphatic heterocycles. The first-order valence-corrected chi connectivity index (χ1v) is 9.21. The summed E-state index contributed by atoms with van der Waals surface area (Å²) >= 11 is 1.24. The Kier molecular flexibility index (Phi) is 6.06. The van der Waals surface area contributed by atoms with Crippen LogP contribution in [0, 0.1) is 13.8 Å². The summed E-state index contributed by atoms with van der Waals surface area (Å²) in [6, 6.07) is 5.94. The summed E-state index contributed by atoms with van der Waals surface area (Å²) in [6.07, 6.45) is 0. The van der Waals surface area contributed by atoms with E-state index in [1.165, 1.54) is 17.3 Å². The summed E-state index contributed by atoms with van der Waals surface area (Å²) < 4.78 is 10.9. The first-order valence-electron chi connectivity index (χ1n) is 8.22. The van der Waals surface area contributed by atoms with Gasteiger partial charge < -0.3 is 14.5 Å². The maximum atomic E-state index is 12.1. The standard InChI is InChI=1S/C17H22N4O3S/c1-12-3-4-14(13(2)9-12)18-15(22)11-25-17-20-19-16(24-17)10-21-5-7-23-8-6-21/h3-4,9H,5-8,10-11H2,1-2H3,(H,18,22). The normalized spacial score (nSPS) is 15.3. The number of rotatable bonds is 6. The van der Waals surface area contributed by atoms with Crippen LogP contribution < -0.4 is 5.32 Å². The number of hydrogen-bond acceptors (Lipinski definition) is 7. The number of amides is 1. The van der Waals surface area contributed by atoms with Crippen LogP contribution in [-0.2, 0) is 16.1 Å². The van der Waals surface area contributed by atoms with E-state index >= 15 is 0 Å². The van der Waals surface area contributed by atoms with Crippen molar-refractivity contribution in [2.45, 2.75) is 25.6 Å². The second-order valence-electron chi connectivity index (χ2n) is 6.01. The van der Waals surface area contributed by atoms with Crippen LogP contribution >= 0.6 is 11.8 Å². The van der Waals surface area contributed by atoms with E-state index in [0.29, 0.717) is 17.7 Å². The first kappa shape index (κ1) is 17.9. The molecule has 8 heteroatoms. The molecular formula is C17H22N4O3S. The number of aryl methyl sites for hydroxylation is 2. The van der Waals surface area contributed by atoms with Crippen molar-refractivity contribution in [3.8, 4) is 0 Å². The van der Waals surface area contributed by atoms with E-state index in [4.69, 9.17) is 9.15 Å². The minimum absolute atomic E-state index is 0.0927. The second kappa shape index (κ2) is 8.46. The maximum Gasteiger partial charge on any atom is 0.277 e. The van der Waals surface area contributed by atoms with Crippen molar-refractivity contribution in [2.75, 3.05) is 37.4 Å². The highest BCUT2D eigenvalue weighted by atomic mass is 32.2. The van der Waals surface area contributed by atoms with Crippen LogP contribution in [0.2, 0.25) is 0 Å². The molecule has 0 bridgehead atoms. The lowest BCUT2D eigenvalue weighted by Gasteiger charge is -2.24. The maximum absolute atomic E-state index is 12.1. The van der Waals surface area contributed by atoms with E-state index < -0.39 is 0 Å². The van der Waals surface area contributed by atoms with E-state index in [-0.39, 0.29) is 11.7 Å². The van der Waals surface area contributed by atoms with Gasteiger partial charge in [0.25, 0.3) is 5.22 Å². The topological polar surface area (TPSA) is 80.5 Å². The number of nitrogens with zero attached hydrogens (tertiary/aromatic N) is 3. The third kappa shape index (κ3) is 5.29. The van der Waals surface area contributed by atoms with Gasteiger partial charge in [0.05, 0.1) is 25.5 Å². The molecular weight excluding hydrogens is 340 g/mol. The molecule has 2 aromatic rings. The number of nitrogens with one attached hydrogen (secondary N) is 1. The molecule has 2 heterocycles. The van der Waals surface area contributed by atoms with Crippen LogP contribution in [0.4, 0.5) is 5.69 Å². The number of thioether (sulfide) groups is 1. The summed E-state index contributed by atoms with van der Waals surface area (Å²) in [4.78, 5) is 14.3. The lowest BCUT2D eigenvalue weighted by atomic mass is 10.1. The largest absolute Gasteiger partial charge is 0.415 e. The molecule has 0 unspecified atom stereocenters. The van der Waals surface area contributed by atoms with Crippen LogP contribution in [0.3, 0.4) is 0 Å². The fourth-order valence-corrected chi connectivity index (χ4v) is 3.16. The minimum Gasteiger partial charge on any atom is -0.415 e. The Labute approximate surface area is 151 Å². The Morgan fingerprint density at radius 3 is 2.84 bits per heavy atom. The average molecular weight is 362 g/mol. The zero-order valence-electron chi connectivity index (χ0n) is 14.4. The number of hydrogen-bond donors (Lipinski definition) is 1. The van der Waals surface area contributed by atoms with Gasteiger partial charge in [0.1, 0.15) is 0 Å². The monoisotopic (exact) mass is 362 g/mol. The van der Waals surface area contributed by atoms with Crippen LogP contribution in [0.5, 0.6) is 0 Å². The van der Waals surface area contributed by atoms with Crippen molar-refractivity contribution < 1.29 is 13.9 Å². The summed E-state index contributed by atoms with van der Waals surface area (Å²) in [7, 11) is 0. The van der Waals surface area contributed by atoms with E-state index in [2.05, 4.69) is 20.4 Å². The zero-order chi connectivity index (χ0) is 17.6. The molecule has 1 amide bonds. The number of ether oxygens (including phenoxy) is 1. The molecule has 7 nitrogen and oxygen atoms in total. The molecule has 1 fully saturated rings. The van der Waals surface area contributed by atoms with E-state index in [9.17, 15) is 4.79 Å². The summed E-state index contributed by atoms with van der Waals surface area (Å²) in [5.74, 6) is 0.705. The number of morpholine rings is 1. The Bertz CT molecular complexity index is 728. The van der Waals surface area contributed by atoms with Crippen LogP contribution in [0.15, 0.2) is 27.8 Å². The fourth-order valence-electron chi connectivity index (χ4n) is 2.58. The van der Waals surface area contributed by atoms with Gasteiger partial charge in [-0.2, -0.15) is 0 Å². The number of aromatic nitrogens is 2. The molecule has 0 radical (unpaired) electrons. The predicted octanol–water partition coefficient (Wildman–Crippen LogP) is 2.25. The summed E-state index contributed by atoms with van der Waals surface area (Å²) in [6.45, 7) is 7.81. The SMILES string of the molecule is Cc1ccc(NC(=O)CSc2nnc(CN3CCOCC3)o2)c(C)c1. The van der Waals surface area contributed by atoms with Gasteiger partial charge in [-0.1, -0.05) is 29.5 Å². The highest BCUT2D eigenvalue weighted by molar-refractivity contribution is 7.99. The molecule has 1 aromatic carbocycles. The predicted molar refractivity (Wildman–Crippen MR) is 95.7 cm³/mol. The van der Waals surface area contributed by atoms with Gasteiger partial charge in [-0.3, -0.25) is 9.69 Å². The Hall–Kier alpha value is -1.90. The second-order valence-corrected chi connectivity index (χ2v) is 6.93. The third-order valence-electron chi connectivity index (χ3n) is 3.89. The van der Waals surface area contributed by atoms with Crippen LogP contribution in [0.25, 0.3) is 0 Å². The number of anilines is 1. The van der Waals surface area contributed by atoms with Crippen molar-refractivity contribution in [2.24, 2.45) is 0 Å². The number of carbonyl (C=O) groups excluding carboxylic acids is 1. The highest BCUT2D eigenvalue weighted by Crippen LogP contribution is 2.19. The van der Waals surface area contributed by atoms with E-state index in [1.54, 1.807) is 0 Å². The zero-order valence-corrected chi connectivity index (χ0v) is 15.3. The number of carbonyl (C=O) groups is 1. The lowest BCUT2D eigenvalue weighted by molar-refractivity contribution is -0.113. The van der Waals surface area contributed by atoms with Crippen molar-refractivity contribution in [3.05, 3.63) is 35.2 Å². The van der Waals surface area contributed by atoms with Crippen molar-refractivity contribution >= 4 is 23.4 Å². The van der Waals surface area contributed by atoms with Gasteiger partial charge >= 0.3 is 0 Å². The quantitative estimate of drug-likeness (QED) is 0.789. The molecule has 0 spiro atoms. The average Bonchev–Trinajstić information content (AvgIpc) is 3.04. The van der Waals surface area contributed by atoms with Gasteiger partial charge in [-0.05, 0) is 25.5 Å². The third-order valence-corrected chi connectivity index (χ3v) is 4.71. The highest BCUT2D eigenvalue weighted by Gasteiger charge is 2.15. The molecule has 0 saturated carbocycles. The van der Waals surface area contributed by atoms with Gasteiger partial charge in [0, 0.05) is 18.8 Å². The Balaban J connectivity index is 1.47. The molecule has 0 aliphatic carbocycles. The Morgan fingerprint density at radius 1 is 1.28 bits per heavy atom. The summed E-state index contributed by atoms with van der Waals surface area (Å²) in [5.41, 5.74) is 3.04. The molecule has 1 aromatic heterocycles. The van der Waals surface area contributed by atoms with Crippen molar-refractivity contribution in [1.29, 1.82) is 0 Å². The van der Waals surface area contributed by atoms with Crippen LogP contribution in [0.1, 0.15) is 17.0 Å². The van der Waals surface area contributed by atoms with Gasteiger partial charge in [0.15, 0.2) is 0 Å². The molecule has 134 valence electrons. The molecule has 0 atom stereocenters. The van der Waals surface area contributed by atoms with Crippen LogP contribution in [-0.4, -0.2) is 53.1 Å². The number of benzene rings is 1. The lowest BCUT2D eigenvalue weighted by Crippen LogP contribution is -2.35. The molecule has 1 N–H and O–H groups in total. The molecule has 1 saturated heterocycles. The van der Waals surface area contributed by atoms with Gasteiger partial charge in [-0.25, -0.2) is 0 Å². The fraction of sp³-hybridized carbons (Fsp3) is 0.471. The van der Waals surface area contributed by atoms with E-state index in [0.717, 1.165) is 37.6 Å². The molecule has 25 heavy (non-hydrogen) atoms. The Morgan fingerprint density at radius 2 is 2.08 bits per heavy atom. The van der Waals surface area contributed by atoms with E-state index in [1.807, 2.05) is 32.0 Å². The summed E-state index contributed by atoms with van der Waals surface area (Å²) in [5, 5.41) is 11.4. The van der Waals surface area contributed by atoms with Gasteiger partial charge in [-0.15, -0.1) is 10.2 Å². The van der Waals surface area contributed by atoms with Crippen molar-refractivity contribution in [1.82, 2.24) is 15.1 Å². The molecule has 3 rings (SSSR count).